The molecule has 5 nitrogen and oxygen atoms in total. The normalized spacial score (nSPS) is 18.4. The molecule has 2 heterocycles. The number of hydrogen-bond acceptors (Lipinski definition) is 4. The average Bonchev–Trinajstić information content (AvgIpc) is 3.06. The Balaban J connectivity index is 1.86. The molecule has 1 aliphatic heterocycles. The van der Waals surface area contributed by atoms with Gasteiger partial charge in [0.15, 0.2) is 0 Å². The molecule has 0 bridgehead atoms. The highest BCUT2D eigenvalue weighted by Crippen LogP contribution is 2.31. The average molecular weight is 302 g/mol. The van der Waals surface area contributed by atoms with Crippen molar-refractivity contribution in [1.82, 2.24) is 14.9 Å². The summed E-state index contributed by atoms with van der Waals surface area (Å²) in [5, 5.41) is 0. The van der Waals surface area contributed by atoms with E-state index in [0.717, 1.165) is 55.3 Å². The molecule has 5 heteroatoms. The van der Waals surface area contributed by atoms with Crippen LogP contribution in [-0.2, 0) is 17.8 Å². The first-order valence-electron chi connectivity index (χ1n) is 8.46. The molecule has 1 aliphatic carbocycles. The van der Waals surface area contributed by atoms with E-state index in [9.17, 15) is 4.79 Å². The number of carbonyl (C=O) groups is 1. The molecule has 3 rings (SSSR count). The number of aryl methyl sites for hydroxylation is 1. The van der Waals surface area contributed by atoms with Gasteiger partial charge >= 0.3 is 0 Å². The van der Waals surface area contributed by atoms with Gasteiger partial charge in [0.05, 0.1) is 12.2 Å². The van der Waals surface area contributed by atoms with Crippen LogP contribution < -0.4 is 4.90 Å². The number of anilines is 1. The van der Waals surface area contributed by atoms with Crippen LogP contribution >= 0.6 is 0 Å². The van der Waals surface area contributed by atoms with Crippen molar-refractivity contribution in [2.24, 2.45) is 5.92 Å². The van der Waals surface area contributed by atoms with Crippen LogP contribution in [0, 0.1) is 12.8 Å². The number of fused-ring (bicyclic) bond motifs is 1. The molecule has 1 amide bonds. The Kier molecular flexibility index (Phi) is 4.32. The largest absolute Gasteiger partial charge is 0.360 e. The third-order valence-electron chi connectivity index (χ3n) is 5.00. The van der Waals surface area contributed by atoms with Crippen LogP contribution in [0.2, 0.25) is 0 Å². The number of hydrogen-bond donors (Lipinski definition) is 0. The van der Waals surface area contributed by atoms with Crippen molar-refractivity contribution < 1.29 is 4.79 Å². The Morgan fingerprint density at radius 1 is 1.32 bits per heavy atom. The van der Waals surface area contributed by atoms with Gasteiger partial charge in [0, 0.05) is 38.0 Å². The molecule has 0 saturated heterocycles. The van der Waals surface area contributed by atoms with Gasteiger partial charge in [-0.3, -0.25) is 4.79 Å². The summed E-state index contributed by atoms with van der Waals surface area (Å²) in [4.78, 5) is 26.1. The van der Waals surface area contributed by atoms with Gasteiger partial charge < -0.3 is 9.80 Å². The van der Waals surface area contributed by atoms with E-state index in [0.29, 0.717) is 12.5 Å². The van der Waals surface area contributed by atoms with Gasteiger partial charge in [-0.15, -0.1) is 0 Å². The zero-order valence-electron chi connectivity index (χ0n) is 13.9. The molecular formula is C17H26N4O. The molecule has 0 unspecified atom stereocenters. The van der Waals surface area contributed by atoms with E-state index < -0.39 is 0 Å². The van der Waals surface area contributed by atoms with Gasteiger partial charge in [-0.1, -0.05) is 12.8 Å². The van der Waals surface area contributed by atoms with E-state index in [1.165, 1.54) is 12.8 Å². The van der Waals surface area contributed by atoms with E-state index in [-0.39, 0.29) is 5.92 Å². The van der Waals surface area contributed by atoms with Crippen molar-refractivity contribution in [2.75, 3.05) is 25.0 Å². The highest BCUT2D eigenvalue weighted by atomic mass is 16.2. The summed E-state index contributed by atoms with van der Waals surface area (Å²) < 4.78 is 0. The third-order valence-corrected chi connectivity index (χ3v) is 5.00. The lowest BCUT2D eigenvalue weighted by Gasteiger charge is -2.33. The fourth-order valence-corrected chi connectivity index (χ4v) is 3.60. The Labute approximate surface area is 132 Å². The zero-order valence-corrected chi connectivity index (χ0v) is 13.9. The molecule has 0 spiro atoms. The fourth-order valence-electron chi connectivity index (χ4n) is 3.60. The van der Waals surface area contributed by atoms with E-state index in [2.05, 4.69) is 28.8 Å². The summed E-state index contributed by atoms with van der Waals surface area (Å²) >= 11 is 0. The standard InChI is InChI=1S/C17H26N4O/c1-4-20(3)16-14-11-21(17(22)13-7-5-6-8-13)10-9-15(14)18-12(2)19-16/h13H,4-11H2,1-3H3. The lowest BCUT2D eigenvalue weighted by molar-refractivity contribution is -0.136. The molecule has 0 atom stereocenters. The van der Waals surface area contributed by atoms with E-state index in [1.807, 2.05) is 11.8 Å². The Bertz CT molecular complexity index is 566. The first kappa shape index (κ1) is 15.3. The number of amides is 1. The van der Waals surface area contributed by atoms with Crippen molar-refractivity contribution in [3.8, 4) is 0 Å². The fraction of sp³-hybridized carbons (Fsp3) is 0.706. The van der Waals surface area contributed by atoms with Crippen LogP contribution in [0.1, 0.15) is 49.7 Å². The van der Waals surface area contributed by atoms with Crippen molar-refractivity contribution in [3.05, 3.63) is 17.1 Å². The molecule has 0 N–H and O–H groups in total. The van der Waals surface area contributed by atoms with Crippen molar-refractivity contribution in [3.63, 3.8) is 0 Å². The van der Waals surface area contributed by atoms with Gasteiger partial charge in [0.25, 0.3) is 0 Å². The number of nitrogens with zero attached hydrogens (tertiary/aromatic N) is 4. The zero-order chi connectivity index (χ0) is 15.7. The first-order valence-corrected chi connectivity index (χ1v) is 8.46. The van der Waals surface area contributed by atoms with Gasteiger partial charge in [0.2, 0.25) is 5.91 Å². The highest BCUT2D eigenvalue weighted by molar-refractivity contribution is 5.79. The topological polar surface area (TPSA) is 49.3 Å². The predicted octanol–water partition coefficient (Wildman–Crippen LogP) is 2.32. The van der Waals surface area contributed by atoms with Crippen LogP contribution in [0.3, 0.4) is 0 Å². The second kappa shape index (κ2) is 6.23. The summed E-state index contributed by atoms with van der Waals surface area (Å²) in [5.41, 5.74) is 2.27. The monoisotopic (exact) mass is 302 g/mol. The quantitative estimate of drug-likeness (QED) is 0.860. The summed E-state index contributed by atoms with van der Waals surface area (Å²) in [6, 6.07) is 0. The SMILES string of the molecule is CCN(C)c1nc(C)nc2c1CN(C(=O)C1CCCC1)CC2. The van der Waals surface area contributed by atoms with Gasteiger partial charge in [0.1, 0.15) is 11.6 Å². The van der Waals surface area contributed by atoms with Crippen molar-refractivity contribution in [1.29, 1.82) is 0 Å². The number of rotatable bonds is 3. The van der Waals surface area contributed by atoms with Crippen molar-refractivity contribution >= 4 is 11.7 Å². The molecule has 1 saturated carbocycles. The maximum atomic E-state index is 12.7. The Hall–Kier alpha value is -1.65. The number of carbonyl (C=O) groups excluding carboxylic acids is 1. The molecule has 1 fully saturated rings. The molecule has 120 valence electrons. The molecule has 1 aromatic heterocycles. The highest BCUT2D eigenvalue weighted by Gasteiger charge is 2.31. The second-order valence-electron chi connectivity index (χ2n) is 6.53. The molecule has 1 aromatic rings. The van der Waals surface area contributed by atoms with Crippen molar-refractivity contribution in [2.45, 2.75) is 52.5 Å². The molecule has 22 heavy (non-hydrogen) atoms. The van der Waals surface area contributed by atoms with Crippen LogP contribution in [-0.4, -0.2) is 40.9 Å². The van der Waals surface area contributed by atoms with Gasteiger partial charge in [-0.2, -0.15) is 0 Å². The van der Waals surface area contributed by atoms with Gasteiger partial charge in [-0.05, 0) is 26.7 Å². The van der Waals surface area contributed by atoms with E-state index >= 15 is 0 Å². The van der Waals surface area contributed by atoms with Crippen LogP contribution in [0.15, 0.2) is 0 Å². The summed E-state index contributed by atoms with van der Waals surface area (Å²) in [6.07, 6.45) is 5.38. The minimum Gasteiger partial charge on any atom is -0.360 e. The van der Waals surface area contributed by atoms with E-state index in [1.54, 1.807) is 0 Å². The van der Waals surface area contributed by atoms with Crippen LogP contribution in [0.4, 0.5) is 5.82 Å². The maximum Gasteiger partial charge on any atom is 0.225 e. The lowest BCUT2D eigenvalue weighted by atomic mass is 10.0. The maximum absolute atomic E-state index is 12.7. The van der Waals surface area contributed by atoms with E-state index in [4.69, 9.17) is 0 Å². The Morgan fingerprint density at radius 2 is 2.05 bits per heavy atom. The third kappa shape index (κ3) is 2.81. The minimum absolute atomic E-state index is 0.250. The molecule has 2 aliphatic rings. The predicted molar refractivity (Wildman–Crippen MR) is 86.8 cm³/mol. The Morgan fingerprint density at radius 3 is 2.73 bits per heavy atom. The molecular weight excluding hydrogens is 276 g/mol. The molecule has 0 radical (unpaired) electrons. The van der Waals surface area contributed by atoms with Crippen LogP contribution in [0.5, 0.6) is 0 Å². The number of aromatic nitrogens is 2. The second-order valence-corrected chi connectivity index (χ2v) is 6.53. The first-order chi connectivity index (χ1) is 10.6. The minimum atomic E-state index is 0.250. The molecule has 0 aromatic carbocycles. The van der Waals surface area contributed by atoms with Gasteiger partial charge in [-0.25, -0.2) is 9.97 Å². The summed E-state index contributed by atoms with van der Waals surface area (Å²) in [6.45, 7) is 6.44. The summed E-state index contributed by atoms with van der Waals surface area (Å²) in [5.74, 6) is 2.41. The summed E-state index contributed by atoms with van der Waals surface area (Å²) in [7, 11) is 2.06. The van der Waals surface area contributed by atoms with Crippen LogP contribution in [0.25, 0.3) is 0 Å². The lowest BCUT2D eigenvalue weighted by Crippen LogP contribution is -2.40. The smallest absolute Gasteiger partial charge is 0.225 e.